The van der Waals surface area contributed by atoms with Crippen LogP contribution >= 0.6 is 0 Å². The van der Waals surface area contributed by atoms with Gasteiger partial charge in [-0.05, 0) is 48.2 Å². The lowest BCUT2D eigenvalue weighted by atomic mass is 9.93. The van der Waals surface area contributed by atoms with Crippen LogP contribution in [0.4, 0.5) is 0 Å². The smallest absolute Gasteiger partial charge is 0.227 e. The fourth-order valence-electron chi connectivity index (χ4n) is 3.66. The molecule has 2 atom stereocenters. The Hall–Kier alpha value is -3.06. The number of benzene rings is 2. The predicted molar refractivity (Wildman–Crippen MR) is 109 cm³/mol. The van der Waals surface area contributed by atoms with Crippen LogP contribution in [0.1, 0.15) is 11.1 Å². The Morgan fingerprint density at radius 3 is 1.76 bits per heavy atom. The van der Waals surface area contributed by atoms with Crippen molar-refractivity contribution in [3.63, 3.8) is 0 Å². The minimum Gasteiger partial charge on any atom is -0.508 e. The summed E-state index contributed by atoms with van der Waals surface area (Å²) >= 11 is 0. The number of hydrogen-bond donors (Lipinski definition) is 4. The number of phenols is 2. The molecule has 5 N–H and O–H groups in total. The molecule has 2 aromatic carbocycles. The van der Waals surface area contributed by atoms with Crippen LogP contribution in [-0.2, 0) is 22.4 Å². The molecule has 3 rings (SSSR count). The maximum Gasteiger partial charge on any atom is 0.227 e. The van der Waals surface area contributed by atoms with Gasteiger partial charge < -0.3 is 26.2 Å². The molecule has 1 heterocycles. The van der Waals surface area contributed by atoms with E-state index in [2.05, 4.69) is 5.32 Å². The first-order chi connectivity index (χ1) is 13.9. The van der Waals surface area contributed by atoms with Gasteiger partial charge in [0.05, 0.1) is 11.8 Å². The third-order valence-electron chi connectivity index (χ3n) is 5.42. The molecule has 1 aliphatic heterocycles. The zero-order valence-corrected chi connectivity index (χ0v) is 16.3. The van der Waals surface area contributed by atoms with E-state index < -0.39 is 17.7 Å². The van der Waals surface area contributed by atoms with E-state index >= 15 is 0 Å². The van der Waals surface area contributed by atoms with E-state index in [1.165, 1.54) is 0 Å². The third kappa shape index (κ3) is 5.48. The summed E-state index contributed by atoms with van der Waals surface area (Å²) in [6, 6.07) is 13.8. The molecule has 0 aromatic heterocycles. The minimum atomic E-state index is -0.493. The van der Waals surface area contributed by atoms with E-state index in [1.54, 1.807) is 29.2 Å². The number of nitrogens with zero attached hydrogens (tertiary/aromatic N) is 1. The van der Waals surface area contributed by atoms with Crippen molar-refractivity contribution in [3.05, 3.63) is 59.7 Å². The summed E-state index contributed by atoms with van der Waals surface area (Å²) < 4.78 is 0. The van der Waals surface area contributed by atoms with Gasteiger partial charge in [0.2, 0.25) is 11.8 Å². The Morgan fingerprint density at radius 2 is 1.31 bits per heavy atom. The lowest BCUT2D eigenvalue weighted by Gasteiger charge is -2.27. The highest BCUT2D eigenvalue weighted by molar-refractivity contribution is 5.88. The summed E-state index contributed by atoms with van der Waals surface area (Å²) in [7, 11) is 0. The van der Waals surface area contributed by atoms with E-state index in [0.717, 1.165) is 11.1 Å². The largest absolute Gasteiger partial charge is 0.508 e. The van der Waals surface area contributed by atoms with Crippen LogP contribution in [0.25, 0.3) is 0 Å². The van der Waals surface area contributed by atoms with Crippen LogP contribution in [0.15, 0.2) is 48.5 Å². The number of amides is 2. The molecule has 1 fully saturated rings. The fraction of sp³-hybridized carbons (Fsp3) is 0.364. The SMILES string of the molecule is NC(=O)C1CNCC1C(=O)N(CCc1ccc(O)cc1)CCc1ccc(O)cc1. The maximum absolute atomic E-state index is 13.2. The average Bonchev–Trinajstić information content (AvgIpc) is 3.20. The molecule has 7 nitrogen and oxygen atoms in total. The van der Waals surface area contributed by atoms with Crippen molar-refractivity contribution in [2.75, 3.05) is 26.2 Å². The first-order valence-electron chi connectivity index (χ1n) is 9.78. The number of carbonyl (C=O) groups excluding carboxylic acids is 2. The first-order valence-corrected chi connectivity index (χ1v) is 9.78. The van der Waals surface area contributed by atoms with Gasteiger partial charge in [-0.25, -0.2) is 0 Å². The highest BCUT2D eigenvalue weighted by Gasteiger charge is 2.38. The van der Waals surface area contributed by atoms with Gasteiger partial charge in [0.15, 0.2) is 0 Å². The van der Waals surface area contributed by atoms with Crippen molar-refractivity contribution >= 4 is 11.8 Å². The molecular weight excluding hydrogens is 370 g/mol. The number of rotatable bonds is 8. The van der Waals surface area contributed by atoms with Gasteiger partial charge in [-0.3, -0.25) is 9.59 Å². The highest BCUT2D eigenvalue weighted by Crippen LogP contribution is 2.20. The van der Waals surface area contributed by atoms with Gasteiger partial charge in [0, 0.05) is 26.2 Å². The normalized spacial score (nSPS) is 18.5. The summed E-state index contributed by atoms with van der Waals surface area (Å²) in [5, 5.41) is 22.0. The van der Waals surface area contributed by atoms with Crippen LogP contribution in [-0.4, -0.2) is 53.1 Å². The van der Waals surface area contributed by atoms with E-state index in [1.807, 2.05) is 24.3 Å². The summed E-state index contributed by atoms with van der Waals surface area (Å²) in [5.74, 6) is -1.06. The van der Waals surface area contributed by atoms with Crippen molar-refractivity contribution in [2.24, 2.45) is 17.6 Å². The molecule has 0 bridgehead atoms. The Bertz CT molecular complexity index is 787. The van der Waals surface area contributed by atoms with Crippen molar-refractivity contribution < 1.29 is 19.8 Å². The fourth-order valence-corrected chi connectivity index (χ4v) is 3.66. The minimum absolute atomic E-state index is 0.0728. The van der Waals surface area contributed by atoms with Gasteiger partial charge in [-0.15, -0.1) is 0 Å². The maximum atomic E-state index is 13.2. The van der Waals surface area contributed by atoms with E-state index in [9.17, 15) is 19.8 Å². The van der Waals surface area contributed by atoms with Crippen molar-refractivity contribution in [1.29, 1.82) is 0 Å². The number of carbonyl (C=O) groups is 2. The predicted octanol–water partition coefficient (Wildman–Crippen LogP) is 1.03. The molecule has 1 aliphatic rings. The molecule has 2 aromatic rings. The molecule has 0 spiro atoms. The molecular formula is C22H27N3O4. The van der Waals surface area contributed by atoms with E-state index in [4.69, 9.17) is 5.73 Å². The second-order valence-electron chi connectivity index (χ2n) is 7.43. The van der Waals surface area contributed by atoms with Gasteiger partial charge >= 0.3 is 0 Å². The number of hydrogen-bond acceptors (Lipinski definition) is 5. The van der Waals surface area contributed by atoms with Crippen LogP contribution in [0.5, 0.6) is 11.5 Å². The number of nitrogens with one attached hydrogen (secondary N) is 1. The number of aromatic hydroxyl groups is 2. The molecule has 154 valence electrons. The monoisotopic (exact) mass is 397 g/mol. The third-order valence-corrected chi connectivity index (χ3v) is 5.42. The Kier molecular flexibility index (Phi) is 6.72. The van der Waals surface area contributed by atoms with E-state index in [0.29, 0.717) is 39.0 Å². The highest BCUT2D eigenvalue weighted by atomic mass is 16.3. The van der Waals surface area contributed by atoms with Crippen LogP contribution in [0.3, 0.4) is 0 Å². The van der Waals surface area contributed by atoms with Crippen molar-refractivity contribution in [1.82, 2.24) is 10.2 Å². The number of phenolic OH excluding ortho intramolecular Hbond substituents is 2. The molecule has 0 saturated carbocycles. The number of nitrogens with two attached hydrogens (primary N) is 1. The zero-order chi connectivity index (χ0) is 20.8. The van der Waals surface area contributed by atoms with E-state index in [-0.39, 0.29) is 17.4 Å². The summed E-state index contributed by atoms with van der Waals surface area (Å²) in [6.07, 6.45) is 1.28. The van der Waals surface area contributed by atoms with Crippen LogP contribution in [0.2, 0.25) is 0 Å². The molecule has 0 aliphatic carbocycles. The topological polar surface area (TPSA) is 116 Å². The van der Waals surface area contributed by atoms with Crippen LogP contribution in [0, 0.1) is 11.8 Å². The Morgan fingerprint density at radius 1 is 0.862 bits per heavy atom. The molecule has 0 radical (unpaired) electrons. The van der Waals surface area contributed by atoms with Crippen LogP contribution < -0.4 is 11.1 Å². The van der Waals surface area contributed by atoms with Crippen molar-refractivity contribution in [3.8, 4) is 11.5 Å². The second-order valence-corrected chi connectivity index (χ2v) is 7.43. The standard InChI is InChI=1S/C22H27N3O4/c23-21(28)19-13-24-14-20(19)22(29)25(11-9-15-1-5-17(26)6-2-15)12-10-16-3-7-18(27)8-4-16/h1-8,19-20,24,26-27H,9-14H2,(H2,23,28). The first kappa shape index (κ1) is 20.7. The molecule has 2 unspecified atom stereocenters. The Labute approximate surface area is 170 Å². The van der Waals surface area contributed by atoms with Crippen molar-refractivity contribution in [2.45, 2.75) is 12.8 Å². The molecule has 29 heavy (non-hydrogen) atoms. The summed E-state index contributed by atoms with van der Waals surface area (Å²) in [5.41, 5.74) is 7.52. The second kappa shape index (κ2) is 9.43. The quantitative estimate of drug-likeness (QED) is 0.531. The zero-order valence-electron chi connectivity index (χ0n) is 16.3. The lowest BCUT2D eigenvalue weighted by molar-refractivity contribution is -0.139. The summed E-state index contributed by atoms with van der Waals surface area (Å²) in [6.45, 7) is 1.88. The average molecular weight is 397 g/mol. The van der Waals surface area contributed by atoms with Gasteiger partial charge in [-0.1, -0.05) is 24.3 Å². The summed E-state index contributed by atoms with van der Waals surface area (Å²) in [4.78, 5) is 26.7. The molecule has 7 heteroatoms. The molecule has 2 amide bonds. The molecule has 1 saturated heterocycles. The van der Waals surface area contributed by atoms with Gasteiger partial charge in [0.1, 0.15) is 11.5 Å². The van der Waals surface area contributed by atoms with Gasteiger partial charge in [0.25, 0.3) is 0 Å². The number of primary amides is 1. The van der Waals surface area contributed by atoms with Gasteiger partial charge in [-0.2, -0.15) is 0 Å². The lowest BCUT2D eigenvalue weighted by Crippen LogP contribution is -2.44. The Balaban J connectivity index is 1.70.